The molecule has 1 saturated heterocycles. The quantitative estimate of drug-likeness (QED) is 0.153. The van der Waals surface area contributed by atoms with Crippen molar-refractivity contribution in [2.45, 2.75) is 18.8 Å². The summed E-state index contributed by atoms with van der Waals surface area (Å²) in [7, 11) is 2.86. The molecule has 3 aromatic rings. The van der Waals surface area contributed by atoms with Crippen LogP contribution in [0, 0.1) is 17.8 Å². The van der Waals surface area contributed by atoms with E-state index in [0.717, 1.165) is 0 Å². The molecular formula is C37H28BrNO8. The van der Waals surface area contributed by atoms with Gasteiger partial charge < -0.3 is 14.6 Å². The van der Waals surface area contributed by atoms with Crippen LogP contribution in [0.5, 0.6) is 17.2 Å². The molecule has 3 aliphatic carbocycles. The summed E-state index contributed by atoms with van der Waals surface area (Å²) in [5.41, 5.74) is 2.97. The standard InChI is InChI=1S/C37H28BrNO8/c1-46-28-14-21(40)15-29(47-2)33(28)32-22-12-13-23-30(24(22)16-25-31(32)27(41)17-26(38)35(25)43)37(45)39(36(23)44)20-10-8-19(9-11-20)34(42)18-6-4-3-5-7-18/h3-12,14-15,17,23-24,30,32,40H,13,16H2,1-2H3. The SMILES string of the molecule is COc1cc(O)cc(OC)c1C1C2=CCC3C(=O)N(c4ccc(C(=O)c5ccccc5)cc4)C(=O)C3C2CC2=C1C(=O)C=C(Br)C2=O. The number of ether oxygens (including phenoxy) is 2. The van der Waals surface area contributed by atoms with Crippen molar-refractivity contribution in [3.8, 4) is 17.2 Å². The Morgan fingerprint density at radius 2 is 1.51 bits per heavy atom. The van der Waals surface area contributed by atoms with Gasteiger partial charge in [0.15, 0.2) is 17.3 Å². The lowest BCUT2D eigenvalue weighted by Gasteiger charge is -2.42. The summed E-state index contributed by atoms with van der Waals surface area (Å²) >= 11 is 3.24. The summed E-state index contributed by atoms with van der Waals surface area (Å²) in [4.78, 5) is 69.6. The van der Waals surface area contributed by atoms with Crippen LogP contribution in [0.25, 0.3) is 0 Å². The number of nitrogens with zero attached hydrogens (tertiary/aromatic N) is 1. The van der Waals surface area contributed by atoms with Gasteiger partial charge in [-0.05, 0) is 59.0 Å². The van der Waals surface area contributed by atoms with E-state index in [2.05, 4.69) is 15.9 Å². The van der Waals surface area contributed by atoms with E-state index in [1.807, 2.05) is 12.1 Å². The van der Waals surface area contributed by atoms with Gasteiger partial charge in [0, 0.05) is 52.0 Å². The number of allylic oxidation sites excluding steroid dienone is 6. The van der Waals surface area contributed by atoms with Crippen LogP contribution in [0.2, 0.25) is 0 Å². The molecule has 1 N–H and O–H groups in total. The van der Waals surface area contributed by atoms with Crippen LogP contribution in [0.3, 0.4) is 0 Å². The van der Waals surface area contributed by atoms with Crippen LogP contribution in [-0.2, 0) is 19.2 Å². The third kappa shape index (κ3) is 4.77. The van der Waals surface area contributed by atoms with Gasteiger partial charge in [0.05, 0.1) is 36.2 Å². The Hall–Kier alpha value is -5.09. The van der Waals surface area contributed by atoms with Gasteiger partial charge in [0.1, 0.15) is 17.2 Å². The summed E-state index contributed by atoms with van der Waals surface area (Å²) < 4.78 is 11.4. The highest BCUT2D eigenvalue weighted by atomic mass is 79.9. The van der Waals surface area contributed by atoms with E-state index in [-0.39, 0.29) is 69.0 Å². The third-order valence-electron chi connectivity index (χ3n) is 9.57. The summed E-state index contributed by atoms with van der Waals surface area (Å²) in [6.45, 7) is 0. The molecule has 0 saturated carbocycles. The van der Waals surface area contributed by atoms with Crippen LogP contribution in [0.4, 0.5) is 5.69 Å². The molecule has 236 valence electrons. The molecule has 4 unspecified atom stereocenters. The number of anilines is 1. The first-order valence-corrected chi connectivity index (χ1v) is 15.9. The largest absolute Gasteiger partial charge is 0.508 e. The van der Waals surface area contributed by atoms with Gasteiger partial charge in [-0.1, -0.05) is 42.0 Å². The van der Waals surface area contributed by atoms with Crippen LogP contribution in [0.15, 0.2) is 100 Å². The van der Waals surface area contributed by atoms with Crippen molar-refractivity contribution < 1.29 is 38.6 Å². The molecule has 1 heterocycles. The summed E-state index contributed by atoms with van der Waals surface area (Å²) in [6.07, 6.45) is 3.48. The number of methoxy groups -OCH3 is 2. The fraction of sp³-hybridized carbons (Fsp3) is 0.216. The molecule has 0 radical (unpaired) electrons. The van der Waals surface area contributed by atoms with E-state index in [1.165, 1.54) is 37.3 Å². The maximum Gasteiger partial charge on any atom is 0.238 e. The van der Waals surface area contributed by atoms with Gasteiger partial charge >= 0.3 is 0 Å². The Kier molecular flexibility index (Phi) is 7.55. The lowest BCUT2D eigenvalue weighted by molar-refractivity contribution is -0.123. The monoisotopic (exact) mass is 693 g/mol. The first-order valence-electron chi connectivity index (χ1n) is 15.1. The molecule has 0 spiro atoms. The molecule has 7 rings (SSSR count). The van der Waals surface area contributed by atoms with Crippen molar-refractivity contribution in [2.24, 2.45) is 17.8 Å². The number of aromatic hydroxyl groups is 1. The number of amides is 2. The zero-order chi connectivity index (χ0) is 33.1. The molecule has 10 heteroatoms. The number of fused-ring (bicyclic) bond motifs is 3. The van der Waals surface area contributed by atoms with Crippen molar-refractivity contribution in [3.63, 3.8) is 0 Å². The molecule has 0 bridgehead atoms. The Balaban J connectivity index is 1.30. The van der Waals surface area contributed by atoms with Crippen LogP contribution in [0.1, 0.15) is 40.2 Å². The maximum absolute atomic E-state index is 14.3. The van der Waals surface area contributed by atoms with Crippen molar-refractivity contribution >= 4 is 50.8 Å². The zero-order valence-electron chi connectivity index (χ0n) is 25.4. The van der Waals surface area contributed by atoms with E-state index in [0.29, 0.717) is 28.0 Å². The molecule has 4 aliphatic rings. The second kappa shape index (κ2) is 11.6. The molecule has 4 atom stereocenters. The van der Waals surface area contributed by atoms with Gasteiger partial charge in [0.25, 0.3) is 0 Å². The Morgan fingerprint density at radius 1 is 0.872 bits per heavy atom. The van der Waals surface area contributed by atoms with Gasteiger partial charge in [-0.25, -0.2) is 0 Å². The molecule has 0 aromatic heterocycles. The average molecular weight is 695 g/mol. The fourth-order valence-electron chi connectivity index (χ4n) is 7.52. The lowest BCUT2D eigenvalue weighted by atomic mass is 9.59. The second-order valence-electron chi connectivity index (χ2n) is 11.9. The number of ketones is 3. The van der Waals surface area contributed by atoms with E-state index in [9.17, 15) is 29.1 Å². The topological polar surface area (TPSA) is 127 Å². The smallest absolute Gasteiger partial charge is 0.238 e. The number of Topliss-reactive ketones (excluding diaryl/α,β-unsaturated/α-hetero) is 1. The summed E-state index contributed by atoms with van der Waals surface area (Å²) in [5, 5.41) is 10.4. The van der Waals surface area contributed by atoms with Crippen LogP contribution in [-0.4, -0.2) is 48.5 Å². The number of phenols is 1. The highest BCUT2D eigenvalue weighted by Gasteiger charge is 2.57. The highest BCUT2D eigenvalue weighted by Crippen LogP contribution is 2.58. The minimum atomic E-state index is -0.830. The minimum absolute atomic E-state index is 0.0897. The summed E-state index contributed by atoms with van der Waals surface area (Å²) in [6, 6.07) is 18.0. The van der Waals surface area contributed by atoms with Gasteiger partial charge in [0.2, 0.25) is 11.8 Å². The third-order valence-corrected chi connectivity index (χ3v) is 10.2. The predicted octanol–water partition coefficient (Wildman–Crippen LogP) is 5.61. The number of benzene rings is 3. The van der Waals surface area contributed by atoms with Crippen molar-refractivity contribution in [1.29, 1.82) is 0 Å². The number of rotatable bonds is 6. The normalized spacial score (nSPS) is 23.5. The predicted molar refractivity (Wildman–Crippen MR) is 175 cm³/mol. The Bertz CT molecular complexity index is 1970. The maximum atomic E-state index is 14.3. The van der Waals surface area contributed by atoms with E-state index < -0.39 is 29.6 Å². The molecular weight excluding hydrogens is 666 g/mol. The highest BCUT2D eigenvalue weighted by molar-refractivity contribution is 9.12. The van der Waals surface area contributed by atoms with Gasteiger partial charge in [-0.15, -0.1) is 0 Å². The summed E-state index contributed by atoms with van der Waals surface area (Å²) in [5.74, 6) is -4.19. The first-order chi connectivity index (χ1) is 22.6. The average Bonchev–Trinajstić information content (AvgIpc) is 3.35. The molecule has 9 nitrogen and oxygen atoms in total. The molecule has 3 aromatic carbocycles. The molecule has 2 amide bonds. The number of hydrogen-bond acceptors (Lipinski definition) is 8. The van der Waals surface area contributed by atoms with E-state index in [1.54, 1.807) is 48.5 Å². The van der Waals surface area contributed by atoms with Crippen molar-refractivity contribution in [1.82, 2.24) is 0 Å². The van der Waals surface area contributed by atoms with E-state index in [4.69, 9.17) is 9.47 Å². The molecule has 1 aliphatic heterocycles. The van der Waals surface area contributed by atoms with Gasteiger partial charge in [-0.3, -0.25) is 28.9 Å². The fourth-order valence-corrected chi connectivity index (χ4v) is 7.97. The number of carbonyl (C=O) groups is 5. The number of phenolic OH excluding ortho intramolecular Hbond substituents is 1. The van der Waals surface area contributed by atoms with Crippen molar-refractivity contribution in [2.75, 3.05) is 19.1 Å². The minimum Gasteiger partial charge on any atom is -0.508 e. The number of halogens is 1. The molecule has 47 heavy (non-hydrogen) atoms. The van der Waals surface area contributed by atoms with Crippen LogP contribution >= 0.6 is 15.9 Å². The van der Waals surface area contributed by atoms with E-state index >= 15 is 0 Å². The second-order valence-corrected chi connectivity index (χ2v) is 12.8. The van der Waals surface area contributed by atoms with Crippen LogP contribution < -0.4 is 14.4 Å². The first kappa shape index (κ1) is 30.6. The number of hydrogen-bond donors (Lipinski definition) is 1. The molecule has 1 fully saturated rings. The zero-order valence-corrected chi connectivity index (χ0v) is 26.9. The van der Waals surface area contributed by atoms with Gasteiger partial charge in [-0.2, -0.15) is 0 Å². The Labute approximate surface area is 278 Å². The Morgan fingerprint density at radius 3 is 2.15 bits per heavy atom. The number of imide groups is 1. The van der Waals surface area contributed by atoms with Crippen molar-refractivity contribution in [3.05, 3.63) is 117 Å². The lowest BCUT2D eigenvalue weighted by Crippen LogP contribution is -2.39. The number of carbonyl (C=O) groups excluding carboxylic acids is 5.